The first-order valence-corrected chi connectivity index (χ1v) is 7.84. The lowest BCUT2D eigenvalue weighted by molar-refractivity contribution is 0.0636. The molecule has 122 valence electrons. The molecule has 0 aromatic carbocycles. The summed E-state index contributed by atoms with van der Waals surface area (Å²) in [6.07, 6.45) is 0. The predicted octanol–water partition coefficient (Wildman–Crippen LogP) is 0.228. The number of carbonyl (C=O) groups is 1. The molecule has 0 spiro atoms. The van der Waals surface area contributed by atoms with Gasteiger partial charge in [-0.15, -0.1) is 10.2 Å². The number of hydrogen-bond acceptors (Lipinski definition) is 6. The van der Waals surface area contributed by atoms with Crippen molar-refractivity contribution in [2.75, 3.05) is 65.2 Å². The largest absolute Gasteiger partial charge is 0.367 e. The summed E-state index contributed by atoms with van der Waals surface area (Å²) in [7, 11) is 4.04. The van der Waals surface area contributed by atoms with Gasteiger partial charge in [-0.3, -0.25) is 4.79 Å². The molecule has 0 atom stereocenters. The lowest BCUT2D eigenvalue weighted by Crippen LogP contribution is -2.48. The molecule has 1 aromatic heterocycles. The first-order chi connectivity index (χ1) is 10.6. The van der Waals surface area contributed by atoms with E-state index in [0.717, 1.165) is 45.8 Å². The first kappa shape index (κ1) is 16.6. The van der Waals surface area contributed by atoms with Crippen LogP contribution in [0.5, 0.6) is 0 Å². The highest BCUT2D eigenvalue weighted by Gasteiger charge is 2.22. The molecule has 1 aliphatic heterocycles. The van der Waals surface area contributed by atoms with Crippen LogP contribution < -0.4 is 5.32 Å². The second-order valence-corrected chi connectivity index (χ2v) is 5.76. The van der Waals surface area contributed by atoms with Gasteiger partial charge < -0.3 is 20.0 Å². The molecule has 0 aliphatic carbocycles. The van der Waals surface area contributed by atoms with Crippen LogP contribution in [0.2, 0.25) is 0 Å². The third-order valence-electron chi connectivity index (χ3n) is 3.86. The zero-order valence-corrected chi connectivity index (χ0v) is 13.7. The number of amides is 1. The number of anilines is 1. The van der Waals surface area contributed by atoms with Crippen LogP contribution in [0.15, 0.2) is 12.1 Å². The second kappa shape index (κ2) is 8.05. The molecule has 0 bridgehead atoms. The molecule has 0 radical (unpaired) electrons. The Morgan fingerprint density at radius 2 is 1.95 bits per heavy atom. The van der Waals surface area contributed by atoms with E-state index in [0.29, 0.717) is 11.5 Å². The standard InChI is InChI=1S/C15H26N6O/c1-4-20-9-11-21(12-10-20)15(22)13-5-6-14(18-17-13)16-7-8-19(2)3/h5-6H,4,7-12H2,1-3H3,(H,16,18). The Morgan fingerprint density at radius 1 is 1.23 bits per heavy atom. The molecule has 0 saturated carbocycles. The normalized spacial score (nSPS) is 16.1. The van der Waals surface area contributed by atoms with Gasteiger partial charge in [-0.1, -0.05) is 6.92 Å². The number of carbonyl (C=O) groups excluding carboxylic acids is 1. The smallest absolute Gasteiger partial charge is 0.274 e. The fraction of sp³-hybridized carbons (Fsp3) is 0.667. The molecular formula is C15H26N6O. The molecule has 7 nitrogen and oxygen atoms in total. The van der Waals surface area contributed by atoms with Crippen LogP contribution in [0.4, 0.5) is 5.82 Å². The van der Waals surface area contributed by atoms with Crippen LogP contribution in [-0.2, 0) is 0 Å². The van der Waals surface area contributed by atoms with Crippen molar-refractivity contribution < 1.29 is 4.79 Å². The Hall–Kier alpha value is -1.73. The van der Waals surface area contributed by atoms with Crippen LogP contribution in [-0.4, -0.2) is 90.7 Å². The molecular weight excluding hydrogens is 280 g/mol. The van der Waals surface area contributed by atoms with E-state index in [1.165, 1.54) is 0 Å². The minimum Gasteiger partial charge on any atom is -0.367 e. The monoisotopic (exact) mass is 306 g/mol. The maximum absolute atomic E-state index is 12.4. The number of nitrogens with zero attached hydrogens (tertiary/aromatic N) is 5. The van der Waals surface area contributed by atoms with Gasteiger partial charge in [0.25, 0.3) is 5.91 Å². The Kier molecular flexibility index (Phi) is 6.09. The summed E-state index contributed by atoms with van der Waals surface area (Å²) >= 11 is 0. The first-order valence-electron chi connectivity index (χ1n) is 7.84. The Bertz CT molecular complexity index is 467. The van der Waals surface area contributed by atoms with E-state index in [-0.39, 0.29) is 5.91 Å². The lowest BCUT2D eigenvalue weighted by Gasteiger charge is -2.33. The maximum Gasteiger partial charge on any atom is 0.274 e. The van der Waals surface area contributed by atoms with E-state index in [9.17, 15) is 4.79 Å². The Balaban J connectivity index is 1.86. The van der Waals surface area contributed by atoms with Crippen molar-refractivity contribution in [1.82, 2.24) is 24.9 Å². The summed E-state index contributed by atoms with van der Waals surface area (Å²) in [4.78, 5) is 18.7. The van der Waals surface area contributed by atoms with Gasteiger partial charge >= 0.3 is 0 Å². The van der Waals surface area contributed by atoms with E-state index >= 15 is 0 Å². The summed E-state index contributed by atoms with van der Waals surface area (Å²) in [6, 6.07) is 3.57. The van der Waals surface area contributed by atoms with Crippen LogP contribution >= 0.6 is 0 Å². The third kappa shape index (κ3) is 4.64. The summed E-state index contributed by atoms with van der Waals surface area (Å²) in [6.45, 7) is 8.28. The molecule has 7 heteroatoms. The van der Waals surface area contributed by atoms with Crippen molar-refractivity contribution in [2.45, 2.75) is 6.92 Å². The van der Waals surface area contributed by atoms with Gasteiger partial charge in [-0.25, -0.2) is 0 Å². The van der Waals surface area contributed by atoms with Gasteiger partial charge in [0.15, 0.2) is 5.69 Å². The highest BCUT2D eigenvalue weighted by molar-refractivity contribution is 5.92. The van der Waals surface area contributed by atoms with Crippen molar-refractivity contribution in [3.05, 3.63) is 17.8 Å². The number of piperazine rings is 1. The maximum atomic E-state index is 12.4. The molecule has 0 unspecified atom stereocenters. The third-order valence-corrected chi connectivity index (χ3v) is 3.86. The zero-order chi connectivity index (χ0) is 15.9. The lowest BCUT2D eigenvalue weighted by atomic mass is 10.2. The summed E-state index contributed by atoms with van der Waals surface area (Å²) < 4.78 is 0. The molecule has 2 heterocycles. The van der Waals surface area contributed by atoms with E-state index in [1.807, 2.05) is 25.1 Å². The summed E-state index contributed by atoms with van der Waals surface area (Å²) in [5.74, 6) is 0.678. The fourth-order valence-electron chi connectivity index (χ4n) is 2.38. The predicted molar refractivity (Wildman–Crippen MR) is 87.1 cm³/mol. The minimum atomic E-state index is -0.0249. The molecule has 2 rings (SSSR count). The van der Waals surface area contributed by atoms with E-state index in [1.54, 1.807) is 6.07 Å². The molecule has 1 saturated heterocycles. The highest BCUT2D eigenvalue weighted by Crippen LogP contribution is 2.08. The molecule has 1 N–H and O–H groups in total. The van der Waals surface area contributed by atoms with Gasteiger partial charge in [0.1, 0.15) is 5.82 Å². The van der Waals surface area contributed by atoms with Crippen molar-refractivity contribution in [3.8, 4) is 0 Å². The average molecular weight is 306 g/mol. The van der Waals surface area contributed by atoms with E-state index < -0.39 is 0 Å². The van der Waals surface area contributed by atoms with E-state index in [2.05, 4.69) is 32.2 Å². The Morgan fingerprint density at radius 3 is 2.50 bits per heavy atom. The van der Waals surface area contributed by atoms with Crippen LogP contribution in [0.25, 0.3) is 0 Å². The van der Waals surface area contributed by atoms with E-state index in [4.69, 9.17) is 0 Å². The second-order valence-electron chi connectivity index (χ2n) is 5.76. The van der Waals surface area contributed by atoms with Gasteiger partial charge in [-0.05, 0) is 32.8 Å². The highest BCUT2D eigenvalue weighted by atomic mass is 16.2. The molecule has 1 aromatic rings. The number of aromatic nitrogens is 2. The summed E-state index contributed by atoms with van der Waals surface area (Å²) in [5, 5.41) is 11.3. The zero-order valence-electron chi connectivity index (χ0n) is 13.7. The van der Waals surface area contributed by atoms with Gasteiger partial charge in [-0.2, -0.15) is 0 Å². The number of likely N-dealkylation sites (N-methyl/N-ethyl adjacent to an activating group) is 2. The Labute approximate surface area is 132 Å². The quantitative estimate of drug-likeness (QED) is 0.811. The average Bonchev–Trinajstić information content (AvgIpc) is 2.54. The summed E-state index contributed by atoms with van der Waals surface area (Å²) in [5.41, 5.74) is 0.420. The molecule has 1 fully saturated rings. The van der Waals surface area contributed by atoms with Crippen molar-refractivity contribution in [1.29, 1.82) is 0 Å². The SMILES string of the molecule is CCN1CCN(C(=O)c2ccc(NCCN(C)C)nn2)CC1. The molecule has 22 heavy (non-hydrogen) atoms. The van der Waals surface area contributed by atoms with Gasteiger partial charge in [0.2, 0.25) is 0 Å². The van der Waals surface area contributed by atoms with Crippen LogP contribution in [0.1, 0.15) is 17.4 Å². The number of hydrogen-bond donors (Lipinski definition) is 1. The van der Waals surface area contributed by atoms with Gasteiger partial charge in [0, 0.05) is 39.3 Å². The number of rotatable bonds is 6. The van der Waals surface area contributed by atoms with Gasteiger partial charge in [0.05, 0.1) is 0 Å². The van der Waals surface area contributed by atoms with Crippen LogP contribution in [0.3, 0.4) is 0 Å². The molecule has 1 aliphatic rings. The van der Waals surface area contributed by atoms with Crippen LogP contribution in [0, 0.1) is 0 Å². The molecule has 1 amide bonds. The topological polar surface area (TPSA) is 64.6 Å². The van der Waals surface area contributed by atoms with Crippen molar-refractivity contribution >= 4 is 11.7 Å². The fourth-order valence-corrected chi connectivity index (χ4v) is 2.38. The minimum absolute atomic E-state index is 0.0249. The number of nitrogens with one attached hydrogen (secondary N) is 1. The van der Waals surface area contributed by atoms with Crippen molar-refractivity contribution in [3.63, 3.8) is 0 Å². The van der Waals surface area contributed by atoms with Crippen molar-refractivity contribution in [2.24, 2.45) is 0 Å².